The molecule has 0 aliphatic heterocycles. The number of aromatic nitrogens is 2. The molecule has 0 aliphatic rings. The maximum absolute atomic E-state index is 13.7. The molecule has 1 aromatic carbocycles. The second-order valence-electron chi connectivity index (χ2n) is 3.87. The molecule has 0 saturated carbocycles. The number of halogens is 4. The second-order valence-corrected chi connectivity index (χ2v) is 6.73. The van der Waals surface area contributed by atoms with Gasteiger partial charge in [0.15, 0.2) is 11.0 Å². The topological polar surface area (TPSA) is 52.0 Å². The van der Waals surface area contributed by atoms with Crippen LogP contribution in [0.5, 0.6) is 0 Å². The normalized spacial score (nSPS) is 11.8. The van der Waals surface area contributed by atoms with Crippen LogP contribution in [-0.2, 0) is 15.5 Å². The van der Waals surface area contributed by atoms with Crippen molar-refractivity contribution in [3.63, 3.8) is 0 Å². The zero-order valence-electron chi connectivity index (χ0n) is 10.1. The third-order valence-corrected chi connectivity index (χ3v) is 4.41. The van der Waals surface area contributed by atoms with Gasteiger partial charge in [0, 0.05) is 16.7 Å². The van der Waals surface area contributed by atoms with E-state index in [0.29, 0.717) is 6.07 Å². The molecule has 0 N–H and O–H groups in total. The molecule has 4 nitrogen and oxygen atoms in total. The number of hydrogen-bond acceptors (Lipinski definition) is 3. The SMILES string of the molecule is CCc1nn(-c2ccc(F)cc2F)c(Cl)c1S(=O)(=O)Cl. The molecule has 2 rings (SSSR count). The van der Waals surface area contributed by atoms with Gasteiger partial charge >= 0.3 is 0 Å². The van der Waals surface area contributed by atoms with Gasteiger partial charge in [-0.3, -0.25) is 0 Å². The Kier molecular flexibility index (Phi) is 4.04. The van der Waals surface area contributed by atoms with Crippen LogP contribution in [0.15, 0.2) is 23.1 Å². The molecule has 20 heavy (non-hydrogen) atoms. The molecule has 2 aromatic rings. The van der Waals surface area contributed by atoms with Crippen molar-refractivity contribution in [1.82, 2.24) is 9.78 Å². The number of rotatable bonds is 3. The highest BCUT2D eigenvalue weighted by atomic mass is 35.7. The first-order chi connectivity index (χ1) is 9.25. The molecular formula is C11H8Cl2F2N2O2S. The van der Waals surface area contributed by atoms with E-state index in [9.17, 15) is 17.2 Å². The van der Waals surface area contributed by atoms with E-state index in [1.165, 1.54) is 0 Å². The highest BCUT2D eigenvalue weighted by molar-refractivity contribution is 8.13. The van der Waals surface area contributed by atoms with Gasteiger partial charge < -0.3 is 0 Å². The summed E-state index contributed by atoms with van der Waals surface area (Å²) in [6.45, 7) is 1.65. The molecule has 0 amide bonds. The largest absolute Gasteiger partial charge is 0.266 e. The number of benzene rings is 1. The van der Waals surface area contributed by atoms with Crippen LogP contribution in [0.2, 0.25) is 5.15 Å². The smallest absolute Gasteiger partial charge is 0.218 e. The first-order valence-corrected chi connectivity index (χ1v) is 8.12. The Labute approximate surface area is 123 Å². The monoisotopic (exact) mass is 340 g/mol. The molecule has 1 heterocycles. The van der Waals surface area contributed by atoms with Gasteiger partial charge in [-0.2, -0.15) is 5.10 Å². The van der Waals surface area contributed by atoms with E-state index in [4.69, 9.17) is 22.3 Å². The van der Waals surface area contributed by atoms with E-state index >= 15 is 0 Å². The minimum absolute atomic E-state index is 0.105. The Balaban J connectivity index is 2.74. The second kappa shape index (κ2) is 5.31. The van der Waals surface area contributed by atoms with E-state index in [1.807, 2.05) is 0 Å². The zero-order chi connectivity index (χ0) is 15.1. The van der Waals surface area contributed by atoms with Crippen molar-refractivity contribution in [2.75, 3.05) is 0 Å². The Morgan fingerprint density at radius 3 is 2.45 bits per heavy atom. The molecule has 0 atom stereocenters. The highest BCUT2D eigenvalue weighted by Crippen LogP contribution is 2.31. The van der Waals surface area contributed by atoms with Crippen LogP contribution in [0.25, 0.3) is 5.69 Å². The van der Waals surface area contributed by atoms with Crippen LogP contribution in [-0.4, -0.2) is 18.2 Å². The standard InChI is InChI=1S/C11H8Cl2F2N2O2S/c1-2-8-10(20(13,18)19)11(12)17(16-8)9-4-3-6(14)5-7(9)15/h3-5H,2H2,1H3. The lowest BCUT2D eigenvalue weighted by Crippen LogP contribution is -2.01. The van der Waals surface area contributed by atoms with Crippen LogP contribution in [0.4, 0.5) is 8.78 Å². The fourth-order valence-corrected chi connectivity index (χ4v) is 3.61. The average molecular weight is 341 g/mol. The fraction of sp³-hybridized carbons (Fsp3) is 0.182. The molecular weight excluding hydrogens is 333 g/mol. The van der Waals surface area contributed by atoms with Gasteiger partial charge in [-0.15, -0.1) is 0 Å². The van der Waals surface area contributed by atoms with E-state index in [1.54, 1.807) is 6.92 Å². The molecule has 9 heteroatoms. The highest BCUT2D eigenvalue weighted by Gasteiger charge is 2.27. The van der Waals surface area contributed by atoms with Crippen molar-refractivity contribution in [3.8, 4) is 5.69 Å². The minimum atomic E-state index is -4.12. The van der Waals surface area contributed by atoms with Gasteiger partial charge in [0.1, 0.15) is 16.4 Å². The number of nitrogens with zero attached hydrogens (tertiary/aromatic N) is 2. The summed E-state index contributed by atoms with van der Waals surface area (Å²) in [6.07, 6.45) is 0.233. The van der Waals surface area contributed by atoms with E-state index in [-0.39, 0.29) is 27.9 Å². The van der Waals surface area contributed by atoms with Crippen molar-refractivity contribution < 1.29 is 17.2 Å². The van der Waals surface area contributed by atoms with Crippen molar-refractivity contribution >= 4 is 31.3 Å². The van der Waals surface area contributed by atoms with Crippen molar-refractivity contribution in [2.24, 2.45) is 0 Å². The van der Waals surface area contributed by atoms with Gasteiger partial charge in [0.25, 0.3) is 9.05 Å². The molecule has 0 saturated heterocycles. The number of hydrogen-bond donors (Lipinski definition) is 0. The lowest BCUT2D eigenvalue weighted by Gasteiger charge is -2.04. The third kappa shape index (κ3) is 2.65. The summed E-state index contributed by atoms with van der Waals surface area (Å²) in [7, 11) is 1.17. The van der Waals surface area contributed by atoms with Crippen LogP contribution in [0, 0.1) is 11.6 Å². The maximum atomic E-state index is 13.7. The summed E-state index contributed by atoms with van der Waals surface area (Å²) in [5.74, 6) is -1.69. The van der Waals surface area contributed by atoms with Crippen LogP contribution in [0.1, 0.15) is 12.6 Å². The quantitative estimate of drug-likeness (QED) is 0.805. The number of aryl methyl sites for hydroxylation is 1. The lowest BCUT2D eigenvalue weighted by molar-refractivity contribution is 0.573. The first-order valence-electron chi connectivity index (χ1n) is 5.43. The zero-order valence-corrected chi connectivity index (χ0v) is 12.4. The van der Waals surface area contributed by atoms with E-state index < -0.39 is 20.7 Å². The fourth-order valence-electron chi connectivity index (χ4n) is 1.71. The molecule has 0 radical (unpaired) electrons. The summed E-state index contributed by atoms with van der Waals surface area (Å²) in [5.41, 5.74) is -0.0635. The summed E-state index contributed by atoms with van der Waals surface area (Å²) in [6, 6.07) is 2.76. The minimum Gasteiger partial charge on any atom is -0.218 e. The summed E-state index contributed by atoms with van der Waals surface area (Å²) >= 11 is 5.92. The summed E-state index contributed by atoms with van der Waals surface area (Å²) < 4.78 is 50.5. The van der Waals surface area contributed by atoms with E-state index in [2.05, 4.69) is 5.10 Å². The lowest BCUT2D eigenvalue weighted by atomic mass is 10.3. The van der Waals surface area contributed by atoms with Gasteiger partial charge in [0.05, 0.1) is 5.69 Å². The maximum Gasteiger partial charge on any atom is 0.266 e. The predicted molar refractivity (Wildman–Crippen MR) is 70.9 cm³/mol. The molecule has 0 spiro atoms. The van der Waals surface area contributed by atoms with Gasteiger partial charge in [-0.05, 0) is 18.6 Å². The summed E-state index contributed by atoms with van der Waals surface area (Å²) in [4.78, 5) is -0.368. The van der Waals surface area contributed by atoms with Crippen molar-refractivity contribution in [2.45, 2.75) is 18.2 Å². The van der Waals surface area contributed by atoms with Gasteiger partial charge in [-0.1, -0.05) is 18.5 Å². The Morgan fingerprint density at radius 2 is 2.00 bits per heavy atom. The van der Waals surface area contributed by atoms with E-state index in [0.717, 1.165) is 16.8 Å². The Morgan fingerprint density at radius 1 is 1.35 bits per heavy atom. The van der Waals surface area contributed by atoms with Crippen molar-refractivity contribution in [3.05, 3.63) is 40.7 Å². The van der Waals surface area contributed by atoms with Crippen LogP contribution >= 0.6 is 22.3 Å². The third-order valence-electron chi connectivity index (χ3n) is 2.57. The van der Waals surface area contributed by atoms with Crippen molar-refractivity contribution in [1.29, 1.82) is 0 Å². The Hall–Kier alpha value is -1.18. The average Bonchev–Trinajstić information content (AvgIpc) is 2.66. The molecule has 0 unspecified atom stereocenters. The van der Waals surface area contributed by atoms with Crippen LogP contribution < -0.4 is 0 Å². The van der Waals surface area contributed by atoms with Crippen LogP contribution in [0.3, 0.4) is 0 Å². The van der Waals surface area contributed by atoms with Gasteiger partial charge in [-0.25, -0.2) is 21.9 Å². The first kappa shape index (κ1) is 15.2. The Bertz CT molecular complexity index is 775. The molecule has 108 valence electrons. The molecule has 0 fully saturated rings. The summed E-state index contributed by atoms with van der Waals surface area (Å²) in [5, 5.41) is 3.57. The molecule has 0 bridgehead atoms. The molecule has 0 aliphatic carbocycles. The molecule has 1 aromatic heterocycles. The predicted octanol–water partition coefficient (Wildman–Crippen LogP) is 3.29. The van der Waals surface area contributed by atoms with Gasteiger partial charge in [0.2, 0.25) is 0 Å².